The number of hydrogen-bond acceptors (Lipinski definition) is 6. The first-order valence-corrected chi connectivity index (χ1v) is 5.32. The van der Waals surface area contributed by atoms with E-state index in [0.717, 1.165) is 0 Å². The molecule has 0 saturated carbocycles. The number of rotatable bonds is 5. The van der Waals surface area contributed by atoms with Gasteiger partial charge in [0.1, 0.15) is 24.2 Å². The van der Waals surface area contributed by atoms with Gasteiger partial charge in [-0.25, -0.2) is 9.59 Å². The highest BCUT2D eigenvalue weighted by molar-refractivity contribution is 5.71. The Bertz CT molecular complexity index is 428. The van der Waals surface area contributed by atoms with E-state index in [1.54, 1.807) is 12.9 Å². The number of ether oxygens (including phenoxy) is 3. The van der Waals surface area contributed by atoms with Crippen LogP contribution in [0.3, 0.4) is 0 Å². The molecular weight excluding hydrogens is 240 g/mol. The Morgan fingerprint density at radius 2 is 2.28 bits per heavy atom. The summed E-state index contributed by atoms with van der Waals surface area (Å²) < 4.78 is 14.7. The summed E-state index contributed by atoms with van der Waals surface area (Å²) in [6.07, 6.45) is 2.09. The van der Waals surface area contributed by atoms with Crippen LogP contribution in [0, 0.1) is 0 Å². The van der Waals surface area contributed by atoms with Crippen molar-refractivity contribution in [1.82, 2.24) is 0 Å². The van der Waals surface area contributed by atoms with Gasteiger partial charge in [-0.2, -0.15) is 0 Å². The zero-order chi connectivity index (χ0) is 13.5. The first-order chi connectivity index (χ1) is 8.63. The largest absolute Gasteiger partial charge is 0.503 e. The second-order valence-corrected chi connectivity index (χ2v) is 3.33. The van der Waals surface area contributed by atoms with Crippen LogP contribution >= 0.6 is 0 Å². The van der Waals surface area contributed by atoms with Gasteiger partial charge in [-0.1, -0.05) is 0 Å². The Balaban J connectivity index is 2.70. The average Bonchev–Trinajstić information content (AvgIpc) is 2.36. The second-order valence-electron chi connectivity index (χ2n) is 3.33. The maximum atomic E-state index is 11.1. The number of carbonyl (C=O) groups is 1. The fraction of sp³-hybridized carbons (Fsp3) is 0.417. The molecule has 0 heterocycles. The third kappa shape index (κ3) is 3.23. The summed E-state index contributed by atoms with van der Waals surface area (Å²) in [6, 6.07) is 0. The molecule has 0 aromatic heterocycles. The van der Waals surface area contributed by atoms with Crippen molar-refractivity contribution in [3.8, 4) is 0 Å². The van der Waals surface area contributed by atoms with Gasteiger partial charge in [-0.3, -0.25) is 0 Å². The van der Waals surface area contributed by atoms with Crippen LogP contribution in [0.2, 0.25) is 0 Å². The summed E-state index contributed by atoms with van der Waals surface area (Å²) in [6.45, 7) is 1.61. The van der Waals surface area contributed by atoms with E-state index in [2.05, 4.69) is 4.74 Å². The third-order valence-electron chi connectivity index (χ3n) is 2.21. The molecule has 0 fully saturated rings. The summed E-state index contributed by atoms with van der Waals surface area (Å²) in [5.74, 6) is 0.829. The molecule has 18 heavy (non-hydrogen) atoms. The van der Waals surface area contributed by atoms with Gasteiger partial charge in [0.25, 0.3) is 0 Å². The van der Waals surface area contributed by atoms with Crippen molar-refractivity contribution in [1.29, 1.82) is 0 Å². The predicted molar refractivity (Wildman–Crippen MR) is 61.4 cm³/mol. The number of hydrogen-bond donors (Lipinski definition) is 1. The van der Waals surface area contributed by atoms with Gasteiger partial charge >= 0.3 is 5.97 Å². The van der Waals surface area contributed by atoms with E-state index < -0.39 is 12.1 Å². The van der Waals surface area contributed by atoms with Gasteiger partial charge in [0, 0.05) is 0 Å². The van der Waals surface area contributed by atoms with E-state index in [1.165, 1.54) is 19.3 Å². The maximum Gasteiger partial charge on any atom is 0.332 e. The van der Waals surface area contributed by atoms with Gasteiger partial charge < -0.3 is 19.3 Å². The molecule has 98 valence electrons. The molecule has 1 unspecified atom stereocenters. The van der Waals surface area contributed by atoms with Gasteiger partial charge in [0.15, 0.2) is 11.5 Å². The van der Waals surface area contributed by atoms with Crippen LogP contribution < -0.4 is 0 Å². The third-order valence-corrected chi connectivity index (χ3v) is 2.21. The van der Waals surface area contributed by atoms with Crippen molar-refractivity contribution in [2.75, 3.05) is 20.3 Å². The van der Waals surface area contributed by atoms with Crippen LogP contribution in [0.4, 0.5) is 0 Å². The van der Waals surface area contributed by atoms with Crippen LogP contribution in [-0.2, 0) is 23.8 Å². The molecule has 0 saturated heterocycles. The lowest BCUT2D eigenvalue weighted by Crippen LogP contribution is -2.24. The Kier molecular flexibility index (Phi) is 5.17. The summed E-state index contributed by atoms with van der Waals surface area (Å²) in [5.41, 5.74) is -0.112. The smallest absolute Gasteiger partial charge is 0.332 e. The molecule has 1 aliphatic carbocycles. The first kappa shape index (κ1) is 14.0. The minimum atomic E-state index is -0.842. The van der Waals surface area contributed by atoms with Crippen LogP contribution in [-0.4, -0.2) is 43.4 Å². The quantitative estimate of drug-likeness (QED) is 0.574. The first-order valence-electron chi connectivity index (χ1n) is 5.32. The Morgan fingerprint density at radius 1 is 1.56 bits per heavy atom. The van der Waals surface area contributed by atoms with Crippen molar-refractivity contribution in [2.24, 2.45) is 0 Å². The van der Waals surface area contributed by atoms with E-state index >= 15 is 0 Å². The minimum absolute atomic E-state index is 0.112. The van der Waals surface area contributed by atoms with Crippen LogP contribution in [0.5, 0.6) is 0 Å². The number of methoxy groups -OCH3 is 1. The zero-order valence-corrected chi connectivity index (χ0v) is 10.1. The van der Waals surface area contributed by atoms with E-state index in [-0.39, 0.29) is 30.3 Å². The normalized spacial score (nSPS) is 18.6. The molecule has 0 bridgehead atoms. The molecule has 1 rings (SSSR count). The lowest BCUT2D eigenvalue weighted by molar-refractivity contribution is -0.149. The molecular formula is C12H14O6. The minimum Gasteiger partial charge on any atom is -0.503 e. The van der Waals surface area contributed by atoms with E-state index in [4.69, 9.17) is 9.47 Å². The van der Waals surface area contributed by atoms with E-state index in [0.29, 0.717) is 0 Å². The molecule has 1 atom stereocenters. The van der Waals surface area contributed by atoms with Gasteiger partial charge in [-0.05, 0) is 19.1 Å². The molecule has 0 aromatic rings. The Labute approximate surface area is 104 Å². The maximum absolute atomic E-state index is 11.1. The topological polar surface area (TPSA) is 82.1 Å². The summed E-state index contributed by atoms with van der Waals surface area (Å²) >= 11 is 0. The molecule has 6 heteroatoms. The number of aliphatic hydroxyl groups excluding tert-OH is 1. The molecule has 6 nitrogen and oxygen atoms in total. The molecule has 0 aromatic carbocycles. The molecule has 1 aliphatic rings. The monoisotopic (exact) mass is 254 g/mol. The fourth-order valence-electron chi connectivity index (χ4n) is 1.39. The molecule has 0 aliphatic heterocycles. The van der Waals surface area contributed by atoms with Crippen LogP contribution in [0.25, 0.3) is 0 Å². The van der Waals surface area contributed by atoms with Crippen molar-refractivity contribution in [2.45, 2.75) is 13.0 Å². The lowest BCUT2D eigenvalue weighted by atomic mass is 10.0. The average molecular weight is 254 g/mol. The van der Waals surface area contributed by atoms with E-state index in [9.17, 15) is 14.7 Å². The summed E-state index contributed by atoms with van der Waals surface area (Å²) in [7, 11) is 1.36. The van der Waals surface area contributed by atoms with Crippen molar-refractivity contribution < 1.29 is 28.9 Å². The van der Waals surface area contributed by atoms with Gasteiger partial charge in [0.2, 0.25) is 0 Å². The Morgan fingerprint density at radius 3 is 2.83 bits per heavy atom. The molecule has 0 spiro atoms. The summed E-state index contributed by atoms with van der Waals surface area (Å²) in [4.78, 5) is 21.9. The SMILES string of the molecule is CCOC(=O)COC1C=CC(OC)=C(O)C1=C=O. The molecule has 0 amide bonds. The van der Waals surface area contributed by atoms with E-state index in [1.807, 2.05) is 0 Å². The number of aliphatic hydroxyl groups is 1. The number of allylic oxidation sites excluding steroid dienone is 1. The highest BCUT2D eigenvalue weighted by atomic mass is 16.6. The molecule has 0 radical (unpaired) electrons. The predicted octanol–water partition coefficient (Wildman–Crippen LogP) is 0.679. The Hall–Kier alpha value is -2.04. The fourth-order valence-corrected chi connectivity index (χ4v) is 1.39. The lowest BCUT2D eigenvalue weighted by Gasteiger charge is -2.19. The zero-order valence-electron chi connectivity index (χ0n) is 10.1. The van der Waals surface area contributed by atoms with Crippen molar-refractivity contribution >= 4 is 11.9 Å². The standard InChI is InChI=1S/C12H14O6/c1-3-17-11(14)7-18-9-4-5-10(16-2)12(15)8(9)6-13/h4-5,9,15H,3,7H2,1-2H3. The van der Waals surface area contributed by atoms with Gasteiger partial charge in [0.05, 0.1) is 13.7 Å². The molecule has 1 N–H and O–H groups in total. The number of carbonyl (C=O) groups excluding carboxylic acids is 2. The second kappa shape index (κ2) is 6.64. The van der Waals surface area contributed by atoms with Crippen molar-refractivity contribution in [3.63, 3.8) is 0 Å². The number of esters is 1. The van der Waals surface area contributed by atoms with Crippen LogP contribution in [0.15, 0.2) is 29.2 Å². The summed E-state index contributed by atoms with van der Waals surface area (Å²) in [5, 5.41) is 9.68. The highest BCUT2D eigenvalue weighted by Gasteiger charge is 2.25. The van der Waals surface area contributed by atoms with Crippen molar-refractivity contribution in [3.05, 3.63) is 29.2 Å². The highest BCUT2D eigenvalue weighted by Crippen LogP contribution is 2.23. The van der Waals surface area contributed by atoms with Crippen LogP contribution in [0.1, 0.15) is 6.92 Å². The van der Waals surface area contributed by atoms with Gasteiger partial charge in [-0.15, -0.1) is 0 Å².